The van der Waals surface area contributed by atoms with Crippen molar-refractivity contribution in [1.82, 2.24) is 5.32 Å². The van der Waals surface area contributed by atoms with E-state index in [-0.39, 0.29) is 12.5 Å². The molecule has 1 aliphatic heterocycles. The minimum Gasteiger partial charge on any atom is -0.394 e. The number of hydrogen-bond donors (Lipinski definition) is 6. The Balaban J connectivity index is 2.30. The molecule has 13 heteroatoms. The largest absolute Gasteiger partial charge is 0.397 e. The monoisotopic (exact) mass is 1070 g/mol. The molecule has 0 radical (unpaired) electrons. The van der Waals surface area contributed by atoms with E-state index in [2.05, 4.69) is 35.5 Å². The van der Waals surface area contributed by atoms with Gasteiger partial charge in [0, 0.05) is 6.42 Å². The van der Waals surface area contributed by atoms with Crippen LogP contribution in [0.3, 0.4) is 0 Å². The summed E-state index contributed by atoms with van der Waals surface area (Å²) < 4.78 is 48.0. The van der Waals surface area contributed by atoms with Crippen molar-refractivity contribution in [2.24, 2.45) is 0 Å². The van der Waals surface area contributed by atoms with Crippen LogP contribution in [-0.4, -0.2) is 95.4 Å². The lowest BCUT2D eigenvalue weighted by atomic mass is 9.99. The zero-order valence-corrected chi connectivity index (χ0v) is 48.8. The van der Waals surface area contributed by atoms with Crippen molar-refractivity contribution in [3.63, 3.8) is 0 Å². The summed E-state index contributed by atoms with van der Waals surface area (Å²) in [4.78, 5) is 13.2. The van der Waals surface area contributed by atoms with E-state index in [0.29, 0.717) is 12.8 Å². The molecule has 7 atom stereocenters. The van der Waals surface area contributed by atoms with Gasteiger partial charge in [-0.1, -0.05) is 283 Å². The van der Waals surface area contributed by atoms with Crippen LogP contribution in [0.25, 0.3) is 0 Å². The second kappa shape index (κ2) is 51.3. The molecule has 1 amide bonds. The molecular formula is C61H119NO11S. The van der Waals surface area contributed by atoms with Crippen LogP contribution in [-0.2, 0) is 28.9 Å². The molecule has 1 aliphatic rings. The van der Waals surface area contributed by atoms with Crippen molar-refractivity contribution < 1.29 is 51.8 Å². The summed E-state index contributed by atoms with van der Waals surface area (Å²) in [6, 6.07) is -0.858. The fourth-order valence-electron chi connectivity index (χ4n) is 10.5. The number of rotatable bonds is 56. The molecule has 1 rings (SSSR count). The minimum atomic E-state index is -5.08. The maximum atomic E-state index is 13.2. The van der Waals surface area contributed by atoms with Crippen molar-refractivity contribution in [2.75, 3.05) is 13.2 Å². The van der Waals surface area contributed by atoms with Gasteiger partial charge in [-0.05, 0) is 38.5 Å². The summed E-state index contributed by atoms with van der Waals surface area (Å²) >= 11 is 0. The number of allylic oxidation sites excluding steroid dienone is 2. The Morgan fingerprint density at radius 2 is 0.865 bits per heavy atom. The fourth-order valence-corrected chi connectivity index (χ4v) is 11.0. The molecular weight excluding hydrogens is 955 g/mol. The van der Waals surface area contributed by atoms with E-state index < -0.39 is 59.9 Å². The van der Waals surface area contributed by atoms with Crippen molar-refractivity contribution in [3.8, 4) is 0 Å². The molecule has 1 heterocycles. The van der Waals surface area contributed by atoms with Crippen LogP contribution in [0.2, 0.25) is 0 Å². The normalized spacial score (nSPS) is 19.1. The van der Waals surface area contributed by atoms with Gasteiger partial charge in [-0.2, -0.15) is 8.42 Å². The molecule has 0 saturated carbocycles. The SMILES string of the molecule is CCCCCCCCCCCCCC/C=C\CCCCCCCCCCCC(=O)NC(COC1OC(CO)C(O)C(OS(=O)(=O)O)C1O)C(O)CCCCCCCCCCCCCCCCCCCCCCCC. The van der Waals surface area contributed by atoms with Crippen LogP contribution in [0.5, 0.6) is 0 Å². The van der Waals surface area contributed by atoms with E-state index in [1.165, 1.54) is 238 Å². The first-order valence-corrected chi connectivity index (χ1v) is 32.9. The van der Waals surface area contributed by atoms with Crippen LogP contribution < -0.4 is 5.32 Å². The third-order valence-corrected chi connectivity index (χ3v) is 15.8. The molecule has 0 aromatic carbocycles. The maximum absolute atomic E-state index is 13.2. The van der Waals surface area contributed by atoms with Crippen LogP contribution in [0.1, 0.15) is 316 Å². The van der Waals surface area contributed by atoms with Crippen molar-refractivity contribution >= 4 is 16.3 Å². The Hall–Kier alpha value is -1.16. The smallest absolute Gasteiger partial charge is 0.394 e. The second-order valence-corrected chi connectivity index (χ2v) is 23.4. The number of unbranched alkanes of at least 4 members (excludes halogenated alkanes) is 42. The highest BCUT2D eigenvalue weighted by molar-refractivity contribution is 7.80. The molecule has 0 aromatic rings. The zero-order valence-electron chi connectivity index (χ0n) is 47.9. The summed E-state index contributed by atoms with van der Waals surface area (Å²) in [5.41, 5.74) is 0. The van der Waals surface area contributed by atoms with Gasteiger partial charge in [-0.15, -0.1) is 0 Å². The van der Waals surface area contributed by atoms with E-state index in [0.717, 1.165) is 51.4 Å². The third-order valence-electron chi connectivity index (χ3n) is 15.3. The van der Waals surface area contributed by atoms with E-state index in [9.17, 15) is 38.2 Å². The Bertz CT molecular complexity index is 1350. The molecule has 74 heavy (non-hydrogen) atoms. The predicted molar refractivity (Wildman–Crippen MR) is 306 cm³/mol. The number of aliphatic hydroxyl groups excluding tert-OH is 4. The standard InChI is InChI=1S/C61H119NO11S/c1-3-5-7-9-11-13-15-17-19-21-23-25-27-28-29-31-33-35-37-39-41-43-45-47-49-51-57(65)62-54(53-71-61-59(67)60(73-74(68,69)70)58(66)56(52-63)72-61)55(64)50-48-46-44-42-40-38-36-34-32-30-26-24-22-20-18-16-14-12-10-8-6-4-2/h28-29,54-56,58-61,63-64,66-67H,3-27,30-53H2,1-2H3,(H,62,65)(H,68,69,70)/b29-28-. The van der Waals surface area contributed by atoms with Gasteiger partial charge < -0.3 is 35.2 Å². The van der Waals surface area contributed by atoms with Gasteiger partial charge in [-0.3, -0.25) is 9.35 Å². The summed E-state index contributed by atoms with van der Waals surface area (Å²) in [7, 11) is -5.08. The Morgan fingerprint density at radius 3 is 1.22 bits per heavy atom. The quantitative estimate of drug-likeness (QED) is 0.0193. The van der Waals surface area contributed by atoms with E-state index in [1.807, 2.05) is 0 Å². The minimum absolute atomic E-state index is 0.226. The number of ether oxygens (including phenoxy) is 2. The van der Waals surface area contributed by atoms with Crippen molar-refractivity contribution in [2.45, 2.75) is 358 Å². The lowest BCUT2D eigenvalue weighted by molar-refractivity contribution is -0.298. The summed E-state index contributed by atoms with van der Waals surface area (Å²) in [6.07, 6.45) is 53.7. The predicted octanol–water partition coefficient (Wildman–Crippen LogP) is 15.4. The molecule has 440 valence electrons. The Morgan fingerprint density at radius 1 is 0.527 bits per heavy atom. The van der Waals surface area contributed by atoms with E-state index in [4.69, 9.17) is 9.47 Å². The Kier molecular flexibility index (Phi) is 49.1. The average Bonchev–Trinajstić information content (AvgIpc) is 3.38. The van der Waals surface area contributed by atoms with Gasteiger partial charge in [0.15, 0.2) is 6.29 Å². The van der Waals surface area contributed by atoms with E-state index >= 15 is 0 Å². The summed E-state index contributed by atoms with van der Waals surface area (Å²) in [5, 5.41) is 45.2. The zero-order chi connectivity index (χ0) is 54.0. The number of hydrogen-bond acceptors (Lipinski definition) is 10. The van der Waals surface area contributed by atoms with Crippen molar-refractivity contribution in [1.29, 1.82) is 0 Å². The first kappa shape index (κ1) is 70.9. The molecule has 0 aliphatic carbocycles. The molecule has 6 N–H and O–H groups in total. The first-order valence-electron chi connectivity index (χ1n) is 31.6. The number of carbonyl (C=O) groups excluding carboxylic acids is 1. The molecule has 12 nitrogen and oxygen atoms in total. The number of aliphatic hydroxyl groups is 4. The van der Waals surface area contributed by atoms with Crippen LogP contribution in [0, 0.1) is 0 Å². The van der Waals surface area contributed by atoms with Gasteiger partial charge in [0.25, 0.3) is 0 Å². The molecule has 0 bridgehead atoms. The van der Waals surface area contributed by atoms with Gasteiger partial charge in [0.1, 0.15) is 24.4 Å². The van der Waals surface area contributed by atoms with Gasteiger partial charge >= 0.3 is 10.4 Å². The summed E-state index contributed by atoms with van der Waals surface area (Å²) in [6.45, 7) is 3.51. The number of nitrogens with one attached hydrogen (secondary N) is 1. The lowest BCUT2D eigenvalue weighted by Crippen LogP contribution is -2.61. The van der Waals surface area contributed by atoms with Gasteiger partial charge in [0.2, 0.25) is 5.91 Å². The van der Waals surface area contributed by atoms with Crippen LogP contribution in [0.4, 0.5) is 0 Å². The van der Waals surface area contributed by atoms with E-state index in [1.54, 1.807) is 0 Å². The highest BCUT2D eigenvalue weighted by Crippen LogP contribution is 2.26. The first-order chi connectivity index (χ1) is 36.0. The highest BCUT2D eigenvalue weighted by Gasteiger charge is 2.48. The highest BCUT2D eigenvalue weighted by atomic mass is 32.3. The van der Waals surface area contributed by atoms with Gasteiger partial charge in [0.05, 0.1) is 25.4 Å². The van der Waals surface area contributed by atoms with Crippen LogP contribution >= 0.6 is 0 Å². The average molecular weight is 1070 g/mol. The molecule has 1 saturated heterocycles. The number of amides is 1. The fraction of sp³-hybridized carbons (Fsp3) is 0.951. The van der Waals surface area contributed by atoms with Crippen molar-refractivity contribution in [3.05, 3.63) is 12.2 Å². The van der Waals surface area contributed by atoms with Crippen LogP contribution in [0.15, 0.2) is 12.2 Å². The molecule has 1 fully saturated rings. The molecule has 0 spiro atoms. The summed E-state index contributed by atoms with van der Waals surface area (Å²) in [5.74, 6) is -0.226. The Labute approximate surface area is 455 Å². The lowest BCUT2D eigenvalue weighted by Gasteiger charge is -2.41. The van der Waals surface area contributed by atoms with Gasteiger partial charge in [-0.25, -0.2) is 4.18 Å². The maximum Gasteiger partial charge on any atom is 0.397 e. The second-order valence-electron chi connectivity index (χ2n) is 22.4. The molecule has 7 unspecified atom stereocenters. The number of carbonyl (C=O) groups is 1. The third kappa shape index (κ3) is 42.8. The topological polar surface area (TPSA) is 192 Å². The molecule has 0 aromatic heterocycles.